The molecule has 0 radical (unpaired) electrons. The molecule has 2 nitrogen and oxygen atoms in total. The van der Waals surface area contributed by atoms with Crippen molar-refractivity contribution in [3.8, 4) is 0 Å². The van der Waals surface area contributed by atoms with E-state index >= 15 is 0 Å². The minimum Gasteiger partial charge on any atom is -0.393 e. The summed E-state index contributed by atoms with van der Waals surface area (Å²) in [6.45, 7) is 6.67. The van der Waals surface area contributed by atoms with Crippen molar-refractivity contribution in [3.63, 3.8) is 0 Å². The first-order chi connectivity index (χ1) is 6.47. The van der Waals surface area contributed by atoms with Crippen LogP contribution in [0.25, 0.3) is 0 Å². The predicted molar refractivity (Wildman–Crippen MR) is 60.4 cm³/mol. The third kappa shape index (κ3) is 4.97. The Hall–Kier alpha value is -0.0800. The molecule has 0 aromatic heterocycles. The van der Waals surface area contributed by atoms with Crippen LogP contribution in [0, 0.1) is 0 Å². The Morgan fingerprint density at radius 1 is 1.00 bits per heavy atom. The van der Waals surface area contributed by atoms with Crippen molar-refractivity contribution in [1.29, 1.82) is 0 Å². The molecule has 1 rings (SSSR count). The lowest BCUT2D eigenvalue weighted by atomic mass is 9.93. The summed E-state index contributed by atoms with van der Waals surface area (Å²) in [5.74, 6) is 0. The van der Waals surface area contributed by atoms with E-state index < -0.39 is 0 Å². The zero-order valence-corrected chi connectivity index (χ0v) is 9.84. The fourth-order valence-electron chi connectivity index (χ4n) is 2.25. The Kier molecular flexibility index (Phi) is 4.39. The molecular weight excluding hydrogens is 174 g/mol. The zero-order valence-electron chi connectivity index (χ0n) is 9.84. The van der Waals surface area contributed by atoms with E-state index in [0.717, 1.165) is 25.7 Å². The van der Waals surface area contributed by atoms with E-state index in [-0.39, 0.29) is 11.6 Å². The molecule has 0 amide bonds. The number of aliphatic hydroxyl groups is 1. The minimum absolute atomic E-state index is 0.0365. The predicted octanol–water partition coefficient (Wildman–Crippen LogP) is 2.46. The van der Waals surface area contributed by atoms with Gasteiger partial charge in [-0.3, -0.25) is 0 Å². The van der Waals surface area contributed by atoms with Crippen LogP contribution in [0.3, 0.4) is 0 Å². The number of hydrogen-bond acceptors (Lipinski definition) is 2. The molecule has 0 saturated heterocycles. The molecule has 1 aliphatic rings. The molecule has 0 spiro atoms. The van der Waals surface area contributed by atoms with Crippen LogP contribution < -0.4 is 5.32 Å². The SMILES string of the molecule is CC(C)(C)NC1CCCC(O)CCC1. The van der Waals surface area contributed by atoms with Gasteiger partial charge in [-0.15, -0.1) is 0 Å². The van der Waals surface area contributed by atoms with Gasteiger partial charge in [0.05, 0.1) is 6.10 Å². The highest BCUT2D eigenvalue weighted by Gasteiger charge is 2.19. The first kappa shape index (κ1) is 12.0. The average Bonchev–Trinajstić information content (AvgIpc) is 1.97. The average molecular weight is 199 g/mol. The molecule has 84 valence electrons. The number of aliphatic hydroxyl groups excluding tert-OH is 1. The van der Waals surface area contributed by atoms with Crippen LogP contribution in [0.2, 0.25) is 0 Å². The maximum Gasteiger partial charge on any atom is 0.0540 e. The second-order valence-electron chi connectivity index (χ2n) is 5.61. The quantitative estimate of drug-likeness (QED) is 0.680. The largest absolute Gasteiger partial charge is 0.393 e. The second kappa shape index (κ2) is 5.13. The van der Waals surface area contributed by atoms with Crippen LogP contribution in [-0.4, -0.2) is 22.8 Å². The highest BCUT2D eigenvalue weighted by Crippen LogP contribution is 2.19. The molecule has 1 fully saturated rings. The number of hydrogen-bond donors (Lipinski definition) is 2. The Morgan fingerprint density at radius 3 is 1.93 bits per heavy atom. The first-order valence-electron chi connectivity index (χ1n) is 5.93. The van der Waals surface area contributed by atoms with Crippen LogP contribution in [0.5, 0.6) is 0 Å². The Balaban J connectivity index is 2.32. The highest BCUT2D eigenvalue weighted by atomic mass is 16.3. The summed E-state index contributed by atoms with van der Waals surface area (Å²) in [7, 11) is 0. The van der Waals surface area contributed by atoms with Crippen molar-refractivity contribution in [2.24, 2.45) is 0 Å². The van der Waals surface area contributed by atoms with E-state index in [1.54, 1.807) is 0 Å². The Morgan fingerprint density at radius 2 is 1.50 bits per heavy atom. The molecule has 1 saturated carbocycles. The van der Waals surface area contributed by atoms with Crippen LogP contribution in [-0.2, 0) is 0 Å². The molecule has 0 aliphatic heterocycles. The van der Waals surface area contributed by atoms with Crippen molar-refractivity contribution in [2.75, 3.05) is 0 Å². The molecule has 0 atom stereocenters. The van der Waals surface area contributed by atoms with Gasteiger partial charge in [-0.2, -0.15) is 0 Å². The molecular formula is C12H25NO. The van der Waals surface area contributed by atoms with Crippen LogP contribution in [0.1, 0.15) is 59.3 Å². The van der Waals surface area contributed by atoms with E-state index in [0.29, 0.717) is 6.04 Å². The van der Waals surface area contributed by atoms with Gasteiger partial charge in [-0.05, 0) is 59.3 Å². The Bertz CT molecular complexity index is 152. The van der Waals surface area contributed by atoms with Gasteiger partial charge in [0.2, 0.25) is 0 Å². The summed E-state index contributed by atoms with van der Waals surface area (Å²) in [4.78, 5) is 0. The molecule has 0 unspecified atom stereocenters. The zero-order chi connectivity index (χ0) is 10.6. The fraction of sp³-hybridized carbons (Fsp3) is 1.00. The lowest BCUT2D eigenvalue weighted by Gasteiger charge is -2.30. The monoisotopic (exact) mass is 199 g/mol. The summed E-state index contributed by atoms with van der Waals surface area (Å²) >= 11 is 0. The van der Waals surface area contributed by atoms with Crippen LogP contribution in [0.4, 0.5) is 0 Å². The van der Waals surface area contributed by atoms with Gasteiger partial charge < -0.3 is 10.4 Å². The summed E-state index contributed by atoms with van der Waals surface area (Å²) in [6, 6.07) is 0.655. The van der Waals surface area contributed by atoms with E-state index in [4.69, 9.17) is 0 Å². The molecule has 0 bridgehead atoms. The van der Waals surface area contributed by atoms with Crippen LogP contribution >= 0.6 is 0 Å². The second-order valence-corrected chi connectivity index (χ2v) is 5.61. The van der Waals surface area contributed by atoms with Gasteiger partial charge in [0.25, 0.3) is 0 Å². The molecule has 2 N–H and O–H groups in total. The lowest BCUT2D eigenvalue weighted by Crippen LogP contribution is -2.44. The summed E-state index contributed by atoms with van der Waals surface area (Å²) in [5, 5.41) is 13.2. The molecule has 0 heterocycles. The van der Waals surface area contributed by atoms with Gasteiger partial charge in [0, 0.05) is 11.6 Å². The van der Waals surface area contributed by atoms with Crippen molar-refractivity contribution < 1.29 is 5.11 Å². The highest BCUT2D eigenvalue weighted by molar-refractivity contribution is 4.79. The third-order valence-electron chi connectivity index (χ3n) is 2.82. The van der Waals surface area contributed by atoms with E-state index in [1.807, 2.05) is 0 Å². The molecule has 2 heteroatoms. The summed E-state index contributed by atoms with van der Waals surface area (Å²) < 4.78 is 0. The van der Waals surface area contributed by atoms with E-state index in [9.17, 15) is 5.11 Å². The normalized spacial score (nSPS) is 30.9. The Labute approximate surface area is 88.1 Å². The number of rotatable bonds is 1. The van der Waals surface area contributed by atoms with Crippen molar-refractivity contribution in [2.45, 2.75) is 77.0 Å². The van der Waals surface area contributed by atoms with Gasteiger partial charge >= 0.3 is 0 Å². The molecule has 1 aliphatic carbocycles. The molecule has 0 aromatic rings. The maximum absolute atomic E-state index is 9.51. The maximum atomic E-state index is 9.51. The van der Waals surface area contributed by atoms with Crippen LogP contribution in [0.15, 0.2) is 0 Å². The summed E-state index contributed by atoms with van der Waals surface area (Å²) in [5.41, 5.74) is 0.225. The van der Waals surface area contributed by atoms with E-state index in [2.05, 4.69) is 26.1 Å². The van der Waals surface area contributed by atoms with Crippen molar-refractivity contribution in [3.05, 3.63) is 0 Å². The van der Waals surface area contributed by atoms with Crippen molar-refractivity contribution >= 4 is 0 Å². The number of nitrogens with one attached hydrogen (secondary N) is 1. The van der Waals surface area contributed by atoms with Gasteiger partial charge in [0.1, 0.15) is 0 Å². The van der Waals surface area contributed by atoms with Gasteiger partial charge in [-0.1, -0.05) is 0 Å². The van der Waals surface area contributed by atoms with Crippen molar-refractivity contribution in [1.82, 2.24) is 5.32 Å². The molecule has 14 heavy (non-hydrogen) atoms. The summed E-state index contributed by atoms with van der Waals surface area (Å²) in [6.07, 6.45) is 6.70. The smallest absolute Gasteiger partial charge is 0.0540 e. The molecule has 0 aromatic carbocycles. The van der Waals surface area contributed by atoms with E-state index in [1.165, 1.54) is 12.8 Å². The van der Waals surface area contributed by atoms with Gasteiger partial charge in [0.15, 0.2) is 0 Å². The van der Waals surface area contributed by atoms with Gasteiger partial charge in [-0.25, -0.2) is 0 Å². The topological polar surface area (TPSA) is 32.3 Å². The lowest BCUT2D eigenvalue weighted by molar-refractivity contribution is 0.134. The standard InChI is InChI=1S/C12H25NO/c1-12(2,3)13-10-6-4-8-11(14)9-5-7-10/h10-11,13-14H,4-9H2,1-3H3. The minimum atomic E-state index is -0.0365. The fourth-order valence-corrected chi connectivity index (χ4v) is 2.25. The first-order valence-corrected chi connectivity index (χ1v) is 5.93. The third-order valence-corrected chi connectivity index (χ3v) is 2.82.